The molecule has 1 aliphatic rings. The highest BCUT2D eigenvalue weighted by atomic mass is 19.1. The number of aliphatic hydroxyl groups is 1. The van der Waals surface area contributed by atoms with Gasteiger partial charge in [0, 0.05) is 12.6 Å². The zero-order valence-corrected chi connectivity index (χ0v) is 12.5. The van der Waals surface area contributed by atoms with Gasteiger partial charge in [0.25, 0.3) is 0 Å². The summed E-state index contributed by atoms with van der Waals surface area (Å²) >= 11 is 0. The van der Waals surface area contributed by atoms with Crippen LogP contribution in [0.1, 0.15) is 22.9 Å². The number of nitrogens with two attached hydrogens (primary N) is 1. The molecular formula is C17H16FN3O2. The molecule has 0 unspecified atom stereocenters. The molecule has 3 aromatic rings. The number of fused-ring (bicyclic) bond motifs is 2. The lowest BCUT2D eigenvalue weighted by molar-refractivity contribution is 0.0502. The van der Waals surface area contributed by atoms with Crippen LogP contribution in [0.25, 0.3) is 5.65 Å². The Morgan fingerprint density at radius 1 is 1.39 bits per heavy atom. The van der Waals surface area contributed by atoms with Crippen LogP contribution in [-0.2, 0) is 6.42 Å². The molecule has 0 aliphatic heterocycles. The summed E-state index contributed by atoms with van der Waals surface area (Å²) in [6.07, 6.45) is 0.915. The first-order chi connectivity index (χ1) is 11.0. The number of halogens is 1. The fourth-order valence-corrected chi connectivity index (χ4v) is 3.11. The summed E-state index contributed by atoms with van der Waals surface area (Å²) in [7, 11) is 0. The largest absolute Gasteiger partial charge is 0.479 e. The van der Waals surface area contributed by atoms with E-state index in [2.05, 4.69) is 4.98 Å². The van der Waals surface area contributed by atoms with Crippen molar-refractivity contribution in [2.75, 3.05) is 5.73 Å². The lowest BCUT2D eigenvalue weighted by Gasteiger charge is -2.18. The van der Waals surface area contributed by atoms with Gasteiger partial charge < -0.3 is 15.6 Å². The van der Waals surface area contributed by atoms with Gasteiger partial charge in [-0.1, -0.05) is 6.07 Å². The van der Waals surface area contributed by atoms with Crippen molar-refractivity contribution in [3.8, 4) is 5.75 Å². The van der Waals surface area contributed by atoms with Gasteiger partial charge in [-0.05, 0) is 42.3 Å². The van der Waals surface area contributed by atoms with Gasteiger partial charge in [-0.15, -0.1) is 0 Å². The molecule has 2 aromatic heterocycles. The molecule has 0 saturated carbocycles. The summed E-state index contributed by atoms with van der Waals surface area (Å²) in [5, 5.41) is 10.3. The summed E-state index contributed by atoms with van der Waals surface area (Å²) in [6, 6.07) is 8.09. The average molecular weight is 313 g/mol. The SMILES string of the molecule is Cc1nc2c(O[C@@H]3c4ccc(F)cc4C[C@H]3O)cccn2c1N. The van der Waals surface area contributed by atoms with Gasteiger partial charge in [-0.25, -0.2) is 9.37 Å². The fourth-order valence-electron chi connectivity index (χ4n) is 3.11. The molecule has 1 aliphatic carbocycles. The second kappa shape index (κ2) is 4.96. The second-order valence-electron chi connectivity index (χ2n) is 5.80. The Balaban J connectivity index is 1.76. The number of aryl methyl sites for hydroxylation is 1. The van der Waals surface area contributed by atoms with E-state index >= 15 is 0 Å². The molecule has 23 heavy (non-hydrogen) atoms. The zero-order valence-electron chi connectivity index (χ0n) is 12.5. The lowest BCUT2D eigenvalue weighted by atomic mass is 10.1. The van der Waals surface area contributed by atoms with Crippen molar-refractivity contribution >= 4 is 11.5 Å². The number of hydrogen-bond donors (Lipinski definition) is 2. The Morgan fingerprint density at radius 3 is 3.04 bits per heavy atom. The van der Waals surface area contributed by atoms with Crippen LogP contribution in [0.4, 0.5) is 10.2 Å². The number of rotatable bonds is 2. The van der Waals surface area contributed by atoms with Crippen LogP contribution in [0, 0.1) is 12.7 Å². The molecule has 3 N–H and O–H groups in total. The Labute approximate surface area is 132 Å². The maximum Gasteiger partial charge on any atom is 0.181 e. The van der Waals surface area contributed by atoms with Gasteiger partial charge in [-0.3, -0.25) is 4.40 Å². The van der Waals surface area contributed by atoms with E-state index in [4.69, 9.17) is 10.5 Å². The van der Waals surface area contributed by atoms with Crippen molar-refractivity contribution in [2.45, 2.75) is 25.6 Å². The average Bonchev–Trinajstić information content (AvgIpc) is 2.98. The number of ether oxygens (including phenoxy) is 1. The molecule has 0 radical (unpaired) electrons. The van der Waals surface area contributed by atoms with Crippen molar-refractivity contribution in [3.05, 3.63) is 59.2 Å². The minimum Gasteiger partial charge on any atom is -0.479 e. The number of nitrogen functional groups attached to an aromatic ring is 1. The summed E-state index contributed by atoms with van der Waals surface area (Å²) in [4.78, 5) is 4.42. The van der Waals surface area contributed by atoms with Crippen molar-refractivity contribution in [2.24, 2.45) is 0 Å². The minimum absolute atomic E-state index is 0.310. The van der Waals surface area contributed by atoms with Gasteiger partial charge in [0.2, 0.25) is 0 Å². The summed E-state index contributed by atoms with van der Waals surface area (Å²) in [6.45, 7) is 1.83. The maximum absolute atomic E-state index is 13.3. The second-order valence-corrected chi connectivity index (χ2v) is 5.80. The standard InChI is InChI=1S/C17H16FN3O2/c1-9-16(19)21-6-2-3-14(17(21)20-9)23-15-12-5-4-11(18)7-10(12)8-13(15)22/h2-7,13,15,22H,8,19H2,1H3/t13-,15-/m1/s1. The van der Waals surface area contributed by atoms with Gasteiger partial charge in [-0.2, -0.15) is 0 Å². The molecule has 118 valence electrons. The number of anilines is 1. The number of hydrogen-bond acceptors (Lipinski definition) is 4. The van der Waals surface area contributed by atoms with Gasteiger partial charge >= 0.3 is 0 Å². The molecule has 5 nitrogen and oxygen atoms in total. The van der Waals surface area contributed by atoms with Crippen LogP contribution in [0.5, 0.6) is 5.75 Å². The lowest BCUT2D eigenvalue weighted by Crippen LogP contribution is -2.19. The van der Waals surface area contributed by atoms with Crippen LogP contribution in [0.2, 0.25) is 0 Å². The Hall–Kier alpha value is -2.60. The first-order valence-corrected chi connectivity index (χ1v) is 7.41. The van der Waals surface area contributed by atoms with Gasteiger partial charge in [0.05, 0.1) is 11.8 Å². The molecule has 0 fully saturated rings. The molecule has 4 rings (SSSR count). The third-order valence-corrected chi connectivity index (χ3v) is 4.28. The topological polar surface area (TPSA) is 72.8 Å². The number of aliphatic hydroxyl groups excluding tert-OH is 1. The molecule has 0 saturated heterocycles. The molecule has 0 bridgehead atoms. The molecule has 1 aromatic carbocycles. The first kappa shape index (κ1) is 14.0. The number of imidazole rings is 1. The molecule has 6 heteroatoms. The Morgan fingerprint density at radius 2 is 2.22 bits per heavy atom. The van der Waals surface area contributed by atoms with E-state index in [1.54, 1.807) is 16.5 Å². The zero-order chi connectivity index (χ0) is 16.1. The number of aromatic nitrogens is 2. The quantitative estimate of drug-likeness (QED) is 0.762. The van der Waals surface area contributed by atoms with E-state index in [0.29, 0.717) is 23.6 Å². The van der Waals surface area contributed by atoms with Crippen molar-refractivity contribution < 1.29 is 14.2 Å². The predicted octanol–water partition coefficient (Wildman–Crippen LogP) is 2.40. The monoisotopic (exact) mass is 313 g/mol. The Kier molecular flexibility index (Phi) is 3.02. The Bertz CT molecular complexity index is 906. The van der Waals surface area contributed by atoms with E-state index in [1.807, 2.05) is 19.2 Å². The highest BCUT2D eigenvalue weighted by Crippen LogP contribution is 2.37. The van der Waals surface area contributed by atoms with E-state index < -0.39 is 12.2 Å². The van der Waals surface area contributed by atoms with Crippen LogP contribution >= 0.6 is 0 Å². The maximum atomic E-state index is 13.3. The molecule has 2 heterocycles. The van der Waals surface area contributed by atoms with Crippen LogP contribution in [0.3, 0.4) is 0 Å². The molecule has 0 amide bonds. The predicted molar refractivity (Wildman–Crippen MR) is 83.8 cm³/mol. The minimum atomic E-state index is -0.722. The summed E-state index contributed by atoms with van der Waals surface area (Å²) < 4.78 is 21.1. The highest BCUT2D eigenvalue weighted by Gasteiger charge is 2.33. The smallest absolute Gasteiger partial charge is 0.181 e. The van der Waals surface area contributed by atoms with Gasteiger partial charge in [0.1, 0.15) is 11.6 Å². The first-order valence-electron chi connectivity index (χ1n) is 7.41. The van der Waals surface area contributed by atoms with E-state index in [0.717, 1.165) is 16.8 Å². The third kappa shape index (κ3) is 2.14. The number of benzene rings is 1. The fraction of sp³-hybridized carbons (Fsp3) is 0.235. The molecule has 0 spiro atoms. The third-order valence-electron chi connectivity index (χ3n) is 4.28. The number of pyridine rings is 1. The van der Waals surface area contributed by atoms with Crippen molar-refractivity contribution in [3.63, 3.8) is 0 Å². The van der Waals surface area contributed by atoms with E-state index in [1.165, 1.54) is 12.1 Å². The van der Waals surface area contributed by atoms with Crippen molar-refractivity contribution in [1.29, 1.82) is 0 Å². The van der Waals surface area contributed by atoms with Crippen LogP contribution in [0.15, 0.2) is 36.5 Å². The van der Waals surface area contributed by atoms with Crippen LogP contribution in [-0.4, -0.2) is 20.6 Å². The van der Waals surface area contributed by atoms with E-state index in [9.17, 15) is 9.50 Å². The summed E-state index contributed by atoms with van der Waals surface area (Å²) in [5.74, 6) is 0.781. The molecular weight excluding hydrogens is 297 g/mol. The van der Waals surface area contributed by atoms with Crippen molar-refractivity contribution in [1.82, 2.24) is 9.38 Å². The van der Waals surface area contributed by atoms with Crippen LogP contribution < -0.4 is 10.5 Å². The molecule has 2 atom stereocenters. The highest BCUT2D eigenvalue weighted by molar-refractivity contribution is 5.61. The van der Waals surface area contributed by atoms with E-state index in [-0.39, 0.29) is 5.82 Å². The number of nitrogens with zero attached hydrogens (tertiary/aromatic N) is 2. The normalized spacial score (nSPS) is 20.0. The van der Waals surface area contributed by atoms with Gasteiger partial charge in [0.15, 0.2) is 17.5 Å². The summed E-state index contributed by atoms with van der Waals surface area (Å²) in [5.41, 5.74) is 8.88.